The Hall–Kier alpha value is -3.71. The normalized spacial score (nSPS) is 10.3. The van der Waals surface area contributed by atoms with Crippen molar-refractivity contribution in [3.8, 4) is 5.75 Å². The highest BCUT2D eigenvalue weighted by Gasteiger charge is 2.18. The summed E-state index contributed by atoms with van der Waals surface area (Å²) >= 11 is 5.87. The number of hydrogen-bond donors (Lipinski definition) is 1. The molecule has 0 atom stereocenters. The number of halogens is 2. The predicted molar refractivity (Wildman–Crippen MR) is 118 cm³/mol. The van der Waals surface area contributed by atoms with Crippen LogP contribution in [0.3, 0.4) is 0 Å². The van der Waals surface area contributed by atoms with Gasteiger partial charge < -0.3 is 14.8 Å². The standard InChI is InChI=1S/C24H19ClFNO5/c1-15(28)27-18-10-11-19(21(26)12-18)22(29)14-32-24(30)20-4-2-3-5-23(20)31-13-16-6-8-17(25)9-7-16/h2-12H,13-14H2,1H3,(H,27,28). The number of carbonyl (C=O) groups excluding carboxylic acids is 3. The van der Waals surface area contributed by atoms with Crippen LogP contribution in [-0.2, 0) is 16.1 Å². The number of ether oxygens (including phenoxy) is 2. The van der Waals surface area contributed by atoms with E-state index in [2.05, 4.69) is 5.32 Å². The molecule has 6 nitrogen and oxygen atoms in total. The van der Waals surface area contributed by atoms with Crippen LogP contribution in [0.25, 0.3) is 0 Å². The van der Waals surface area contributed by atoms with Crippen LogP contribution < -0.4 is 10.1 Å². The Morgan fingerprint density at radius 3 is 2.38 bits per heavy atom. The lowest BCUT2D eigenvalue weighted by atomic mass is 10.1. The molecule has 32 heavy (non-hydrogen) atoms. The second kappa shape index (κ2) is 10.5. The fraction of sp³-hybridized carbons (Fsp3) is 0.125. The van der Waals surface area contributed by atoms with Gasteiger partial charge in [-0.25, -0.2) is 9.18 Å². The third kappa shape index (κ3) is 6.15. The maximum absolute atomic E-state index is 14.2. The number of amides is 1. The minimum Gasteiger partial charge on any atom is -0.488 e. The minimum atomic E-state index is -0.830. The molecule has 0 aliphatic rings. The second-order valence-corrected chi connectivity index (χ2v) is 7.22. The molecule has 3 aromatic rings. The van der Waals surface area contributed by atoms with E-state index in [-0.39, 0.29) is 35.1 Å². The van der Waals surface area contributed by atoms with Gasteiger partial charge in [-0.1, -0.05) is 35.9 Å². The predicted octanol–water partition coefficient (Wildman–Crippen LogP) is 5.06. The zero-order chi connectivity index (χ0) is 23.1. The molecule has 0 unspecified atom stereocenters. The molecule has 3 rings (SSSR count). The molecule has 1 amide bonds. The number of esters is 1. The van der Waals surface area contributed by atoms with E-state index in [1.54, 1.807) is 42.5 Å². The van der Waals surface area contributed by atoms with Crippen LogP contribution in [0.15, 0.2) is 66.7 Å². The number of carbonyl (C=O) groups is 3. The van der Waals surface area contributed by atoms with E-state index in [1.165, 1.54) is 25.1 Å². The molecule has 0 spiro atoms. The Morgan fingerprint density at radius 2 is 1.69 bits per heavy atom. The first-order chi connectivity index (χ1) is 15.3. The molecule has 0 saturated carbocycles. The maximum Gasteiger partial charge on any atom is 0.342 e. The molecule has 0 aromatic heterocycles. The van der Waals surface area contributed by atoms with E-state index >= 15 is 0 Å². The average molecular weight is 456 g/mol. The zero-order valence-corrected chi connectivity index (χ0v) is 17.8. The van der Waals surface area contributed by atoms with Crippen LogP contribution in [0, 0.1) is 5.82 Å². The lowest BCUT2D eigenvalue weighted by Gasteiger charge is -2.11. The first-order valence-electron chi connectivity index (χ1n) is 9.57. The van der Waals surface area contributed by atoms with Crippen LogP contribution in [0.2, 0.25) is 5.02 Å². The summed E-state index contributed by atoms with van der Waals surface area (Å²) in [6.07, 6.45) is 0. The molecule has 0 heterocycles. The van der Waals surface area contributed by atoms with Gasteiger partial charge >= 0.3 is 5.97 Å². The highest BCUT2D eigenvalue weighted by atomic mass is 35.5. The molecule has 0 radical (unpaired) electrons. The topological polar surface area (TPSA) is 81.7 Å². The van der Waals surface area contributed by atoms with Crippen LogP contribution in [-0.4, -0.2) is 24.3 Å². The van der Waals surface area contributed by atoms with Gasteiger partial charge in [0.1, 0.15) is 23.7 Å². The molecule has 1 N–H and O–H groups in total. The van der Waals surface area contributed by atoms with Gasteiger partial charge in [0.25, 0.3) is 0 Å². The summed E-state index contributed by atoms with van der Waals surface area (Å²) in [7, 11) is 0. The van der Waals surface area contributed by atoms with E-state index in [9.17, 15) is 18.8 Å². The van der Waals surface area contributed by atoms with Crippen LogP contribution in [0.4, 0.5) is 10.1 Å². The lowest BCUT2D eigenvalue weighted by molar-refractivity contribution is -0.114. The molecule has 3 aromatic carbocycles. The number of Topliss-reactive ketones (excluding diaryl/α,β-unsaturated/α-hetero) is 1. The molecule has 0 aliphatic carbocycles. The van der Waals surface area contributed by atoms with Crippen molar-refractivity contribution in [2.24, 2.45) is 0 Å². The third-order valence-electron chi connectivity index (χ3n) is 4.34. The first kappa shape index (κ1) is 23.0. The largest absolute Gasteiger partial charge is 0.488 e. The van der Waals surface area contributed by atoms with Gasteiger partial charge in [0.05, 0.1) is 5.56 Å². The number of para-hydroxylation sites is 1. The van der Waals surface area contributed by atoms with Crippen LogP contribution in [0.1, 0.15) is 33.2 Å². The van der Waals surface area contributed by atoms with Crippen LogP contribution >= 0.6 is 11.6 Å². The van der Waals surface area contributed by atoms with Gasteiger partial charge in [0.2, 0.25) is 11.7 Å². The summed E-state index contributed by atoms with van der Waals surface area (Å²) in [4.78, 5) is 35.9. The molecular formula is C24H19ClFNO5. The smallest absolute Gasteiger partial charge is 0.342 e. The molecule has 8 heteroatoms. The van der Waals surface area contributed by atoms with E-state index in [0.717, 1.165) is 11.6 Å². The fourth-order valence-corrected chi connectivity index (χ4v) is 2.94. The zero-order valence-electron chi connectivity index (χ0n) is 17.1. The van der Waals surface area contributed by atoms with Crippen molar-refractivity contribution in [1.29, 1.82) is 0 Å². The molecule has 0 aliphatic heterocycles. The van der Waals surface area contributed by atoms with Crippen molar-refractivity contribution in [2.75, 3.05) is 11.9 Å². The first-order valence-corrected chi connectivity index (χ1v) is 9.95. The van der Waals surface area contributed by atoms with E-state index in [4.69, 9.17) is 21.1 Å². The SMILES string of the molecule is CC(=O)Nc1ccc(C(=O)COC(=O)c2ccccc2OCc2ccc(Cl)cc2)c(F)c1. The van der Waals surface area contributed by atoms with Gasteiger partial charge in [-0.05, 0) is 48.0 Å². The second-order valence-electron chi connectivity index (χ2n) is 6.79. The number of ketones is 1. The molecule has 0 saturated heterocycles. The molecule has 0 fully saturated rings. The van der Waals surface area contributed by atoms with Crippen molar-refractivity contribution in [3.63, 3.8) is 0 Å². The van der Waals surface area contributed by atoms with Crippen molar-refractivity contribution in [2.45, 2.75) is 13.5 Å². The van der Waals surface area contributed by atoms with Crippen molar-refractivity contribution in [3.05, 3.63) is 94.3 Å². The van der Waals surface area contributed by atoms with Crippen LogP contribution in [0.5, 0.6) is 5.75 Å². The summed E-state index contributed by atoms with van der Waals surface area (Å²) in [6.45, 7) is 0.834. The summed E-state index contributed by atoms with van der Waals surface area (Å²) in [5.74, 6) is -2.41. The Balaban J connectivity index is 1.63. The number of benzene rings is 3. The minimum absolute atomic E-state index is 0.135. The lowest BCUT2D eigenvalue weighted by Crippen LogP contribution is -2.16. The Kier molecular flexibility index (Phi) is 7.57. The van der Waals surface area contributed by atoms with Gasteiger partial charge in [0.15, 0.2) is 6.61 Å². The molecule has 164 valence electrons. The van der Waals surface area contributed by atoms with E-state index < -0.39 is 24.2 Å². The van der Waals surface area contributed by atoms with Crippen molar-refractivity contribution >= 4 is 34.9 Å². The maximum atomic E-state index is 14.2. The molecular weight excluding hydrogens is 437 g/mol. The summed E-state index contributed by atoms with van der Waals surface area (Å²) in [6, 6.07) is 17.1. The monoisotopic (exact) mass is 455 g/mol. The van der Waals surface area contributed by atoms with Gasteiger partial charge in [-0.3, -0.25) is 9.59 Å². The number of rotatable bonds is 8. The quantitative estimate of drug-likeness (QED) is 0.379. The highest BCUT2D eigenvalue weighted by Crippen LogP contribution is 2.21. The number of hydrogen-bond acceptors (Lipinski definition) is 5. The van der Waals surface area contributed by atoms with Gasteiger partial charge in [0, 0.05) is 17.6 Å². The number of nitrogens with one attached hydrogen (secondary N) is 1. The van der Waals surface area contributed by atoms with E-state index in [0.29, 0.717) is 5.02 Å². The summed E-state index contributed by atoms with van der Waals surface area (Å²) in [5, 5.41) is 3.02. The van der Waals surface area contributed by atoms with Gasteiger partial charge in [-0.15, -0.1) is 0 Å². The Labute approximate surface area is 188 Å². The van der Waals surface area contributed by atoms with Crippen molar-refractivity contribution in [1.82, 2.24) is 0 Å². The fourth-order valence-electron chi connectivity index (χ4n) is 2.81. The Morgan fingerprint density at radius 1 is 0.969 bits per heavy atom. The van der Waals surface area contributed by atoms with E-state index in [1.807, 2.05) is 0 Å². The number of anilines is 1. The van der Waals surface area contributed by atoms with Gasteiger partial charge in [-0.2, -0.15) is 0 Å². The summed E-state index contributed by atoms with van der Waals surface area (Å²) < 4.78 is 25.0. The van der Waals surface area contributed by atoms with Crippen molar-refractivity contribution < 1.29 is 28.2 Å². The third-order valence-corrected chi connectivity index (χ3v) is 4.59. The summed E-state index contributed by atoms with van der Waals surface area (Å²) in [5.41, 5.74) is 0.955. The Bertz CT molecular complexity index is 1150. The average Bonchev–Trinajstić information content (AvgIpc) is 2.77. The highest BCUT2D eigenvalue weighted by molar-refractivity contribution is 6.30. The molecule has 0 bridgehead atoms.